The first-order valence-electron chi connectivity index (χ1n) is 7.45. The van der Waals surface area contributed by atoms with Crippen LogP contribution in [0.3, 0.4) is 0 Å². The normalized spacial score (nSPS) is 12.6. The van der Waals surface area contributed by atoms with Gasteiger partial charge in [0.25, 0.3) is 0 Å². The molecule has 0 radical (unpaired) electrons. The highest BCUT2D eigenvalue weighted by atomic mass is 32.1. The zero-order valence-corrected chi connectivity index (χ0v) is 13.6. The Morgan fingerprint density at radius 3 is 2.86 bits per heavy atom. The molecule has 3 nitrogen and oxygen atoms in total. The van der Waals surface area contributed by atoms with Crippen LogP contribution in [0.1, 0.15) is 48.0 Å². The minimum Gasteiger partial charge on any atom is -0.309 e. The molecule has 114 valence electrons. The van der Waals surface area contributed by atoms with Gasteiger partial charge in [0.05, 0.1) is 10.6 Å². The Labute approximate surface area is 129 Å². The number of hydrogen-bond acceptors (Lipinski definition) is 4. The third-order valence-corrected chi connectivity index (χ3v) is 4.45. The average molecular weight is 307 g/mol. The van der Waals surface area contributed by atoms with Crippen molar-refractivity contribution in [2.24, 2.45) is 0 Å². The van der Waals surface area contributed by atoms with E-state index in [0.29, 0.717) is 0 Å². The predicted molar refractivity (Wildman–Crippen MR) is 85.2 cm³/mol. The van der Waals surface area contributed by atoms with Gasteiger partial charge in [0, 0.05) is 6.04 Å². The van der Waals surface area contributed by atoms with Gasteiger partial charge in [0.1, 0.15) is 5.82 Å². The van der Waals surface area contributed by atoms with Crippen molar-refractivity contribution in [3.05, 3.63) is 45.7 Å². The number of benzene rings is 1. The SMILES string of the molecule is CCCc1nnsc1C(Cc1cc(F)ccc1C)NCC. The summed E-state index contributed by atoms with van der Waals surface area (Å²) in [4.78, 5) is 1.18. The highest BCUT2D eigenvalue weighted by Gasteiger charge is 2.19. The van der Waals surface area contributed by atoms with E-state index < -0.39 is 0 Å². The molecule has 21 heavy (non-hydrogen) atoms. The number of likely N-dealkylation sites (N-methyl/N-ethyl adjacent to an activating group) is 1. The molecule has 1 unspecified atom stereocenters. The first kappa shape index (κ1) is 16.0. The van der Waals surface area contributed by atoms with Crippen LogP contribution in [-0.2, 0) is 12.8 Å². The molecule has 0 saturated carbocycles. The van der Waals surface area contributed by atoms with Gasteiger partial charge in [-0.3, -0.25) is 0 Å². The number of hydrogen-bond donors (Lipinski definition) is 1. The Kier molecular flexibility index (Phi) is 5.82. The molecule has 5 heteroatoms. The predicted octanol–water partition coefficient (Wildman–Crippen LogP) is 3.83. The van der Waals surface area contributed by atoms with Crippen molar-refractivity contribution < 1.29 is 4.39 Å². The van der Waals surface area contributed by atoms with Crippen molar-refractivity contribution in [2.75, 3.05) is 6.54 Å². The van der Waals surface area contributed by atoms with E-state index >= 15 is 0 Å². The maximum Gasteiger partial charge on any atom is 0.123 e. The third kappa shape index (κ3) is 4.08. The standard InChI is InChI=1S/C16H22FN3S/c1-4-6-14-16(21-20-19-14)15(18-5-2)10-12-9-13(17)8-7-11(12)3/h7-9,15,18H,4-6,10H2,1-3H3. The topological polar surface area (TPSA) is 37.8 Å². The average Bonchev–Trinajstić information content (AvgIpc) is 2.91. The van der Waals surface area contributed by atoms with E-state index in [1.807, 2.05) is 13.0 Å². The second-order valence-electron chi connectivity index (χ2n) is 5.22. The Bertz CT molecular complexity index is 583. The fourth-order valence-corrected chi connectivity index (χ4v) is 3.24. The Morgan fingerprint density at radius 2 is 2.14 bits per heavy atom. The van der Waals surface area contributed by atoms with E-state index in [0.717, 1.165) is 42.6 Å². The Hall–Kier alpha value is -1.33. The van der Waals surface area contributed by atoms with Gasteiger partial charge in [-0.15, -0.1) is 5.10 Å². The van der Waals surface area contributed by atoms with E-state index in [9.17, 15) is 4.39 Å². The summed E-state index contributed by atoms with van der Waals surface area (Å²) in [7, 11) is 0. The first-order chi connectivity index (χ1) is 10.2. The van der Waals surface area contributed by atoms with Gasteiger partial charge >= 0.3 is 0 Å². The number of aryl methyl sites for hydroxylation is 2. The largest absolute Gasteiger partial charge is 0.309 e. The molecule has 0 aliphatic rings. The second-order valence-corrected chi connectivity index (χ2v) is 6.00. The van der Waals surface area contributed by atoms with Crippen LogP contribution in [0.15, 0.2) is 18.2 Å². The monoisotopic (exact) mass is 307 g/mol. The molecule has 0 spiro atoms. The molecule has 0 bridgehead atoms. The van der Waals surface area contributed by atoms with E-state index in [1.165, 1.54) is 22.5 Å². The van der Waals surface area contributed by atoms with E-state index in [1.54, 1.807) is 6.07 Å². The van der Waals surface area contributed by atoms with E-state index in [2.05, 4.69) is 28.8 Å². The summed E-state index contributed by atoms with van der Waals surface area (Å²) in [6.07, 6.45) is 2.75. The minimum atomic E-state index is -0.179. The van der Waals surface area contributed by atoms with Crippen LogP contribution >= 0.6 is 11.5 Å². The number of nitrogens with one attached hydrogen (secondary N) is 1. The molecule has 1 heterocycles. The maximum absolute atomic E-state index is 13.5. The summed E-state index contributed by atoms with van der Waals surface area (Å²) in [5.74, 6) is -0.179. The lowest BCUT2D eigenvalue weighted by Gasteiger charge is -2.18. The molecule has 0 amide bonds. The van der Waals surface area contributed by atoms with Crippen LogP contribution in [0.2, 0.25) is 0 Å². The lowest BCUT2D eigenvalue weighted by molar-refractivity contribution is 0.547. The van der Waals surface area contributed by atoms with Gasteiger partial charge in [-0.1, -0.05) is 30.8 Å². The number of aromatic nitrogens is 2. The highest BCUT2D eigenvalue weighted by Crippen LogP contribution is 2.26. The summed E-state index contributed by atoms with van der Waals surface area (Å²) in [5, 5.41) is 7.73. The molecule has 1 aromatic heterocycles. The first-order valence-corrected chi connectivity index (χ1v) is 8.22. The van der Waals surface area contributed by atoms with Crippen LogP contribution in [0, 0.1) is 12.7 Å². The fourth-order valence-electron chi connectivity index (χ4n) is 2.47. The quantitative estimate of drug-likeness (QED) is 0.844. The molecular formula is C16H22FN3S. The second kappa shape index (κ2) is 7.61. The number of rotatable bonds is 7. The van der Waals surface area contributed by atoms with Gasteiger partial charge in [-0.2, -0.15) is 0 Å². The third-order valence-electron chi connectivity index (χ3n) is 3.57. The van der Waals surface area contributed by atoms with Crippen molar-refractivity contribution >= 4 is 11.5 Å². The minimum absolute atomic E-state index is 0.150. The summed E-state index contributed by atoms with van der Waals surface area (Å²) in [5.41, 5.74) is 3.23. The maximum atomic E-state index is 13.5. The molecule has 1 N–H and O–H groups in total. The Balaban J connectivity index is 2.26. The van der Waals surface area contributed by atoms with Gasteiger partial charge in [-0.05, 0) is 61.1 Å². The smallest absolute Gasteiger partial charge is 0.123 e. The van der Waals surface area contributed by atoms with Crippen molar-refractivity contribution in [1.82, 2.24) is 14.9 Å². The summed E-state index contributed by atoms with van der Waals surface area (Å²) in [6, 6.07) is 5.13. The summed E-state index contributed by atoms with van der Waals surface area (Å²) >= 11 is 1.45. The molecule has 2 aromatic rings. The molecule has 1 aromatic carbocycles. The zero-order valence-electron chi connectivity index (χ0n) is 12.8. The number of halogens is 1. The van der Waals surface area contributed by atoms with E-state index in [-0.39, 0.29) is 11.9 Å². The van der Waals surface area contributed by atoms with Crippen molar-refractivity contribution in [1.29, 1.82) is 0 Å². The van der Waals surface area contributed by atoms with Crippen molar-refractivity contribution in [3.63, 3.8) is 0 Å². The van der Waals surface area contributed by atoms with Crippen molar-refractivity contribution in [3.8, 4) is 0 Å². The van der Waals surface area contributed by atoms with Crippen LogP contribution in [0.25, 0.3) is 0 Å². The molecule has 0 fully saturated rings. The Morgan fingerprint density at radius 1 is 1.33 bits per heavy atom. The van der Waals surface area contributed by atoms with Gasteiger partial charge in [0.15, 0.2) is 0 Å². The molecule has 2 rings (SSSR count). The molecular weight excluding hydrogens is 285 g/mol. The lowest BCUT2D eigenvalue weighted by atomic mass is 9.98. The van der Waals surface area contributed by atoms with Crippen LogP contribution < -0.4 is 5.32 Å². The molecule has 0 aliphatic heterocycles. The van der Waals surface area contributed by atoms with Crippen LogP contribution in [-0.4, -0.2) is 16.1 Å². The molecule has 0 aliphatic carbocycles. The van der Waals surface area contributed by atoms with E-state index in [4.69, 9.17) is 0 Å². The summed E-state index contributed by atoms with van der Waals surface area (Å²) in [6.45, 7) is 7.11. The molecule has 0 saturated heterocycles. The van der Waals surface area contributed by atoms with Crippen LogP contribution in [0.5, 0.6) is 0 Å². The number of nitrogens with zero attached hydrogens (tertiary/aromatic N) is 2. The van der Waals surface area contributed by atoms with Crippen molar-refractivity contribution in [2.45, 2.75) is 46.1 Å². The molecule has 1 atom stereocenters. The highest BCUT2D eigenvalue weighted by molar-refractivity contribution is 7.05. The summed E-state index contributed by atoms with van der Waals surface area (Å²) < 4.78 is 17.6. The zero-order chi connectivity index (χ0) is 15.2. The van der Waals surface area contributed by atoms with Crippen LogP contribution in [0.4, 0.5) is 4.39 Å². The van der Waals surface area contributed by atoms with Gasteiger partial charge in [0.2, 0.25) is 0 Å². The fraction of sp³-hybridized carbons (Fsp3) is 0.500. The van der Waals surface area contributed by atoms with Gasteiger partial charge < -0.3 is 5.32 Å². The van der Waals surface area contributed by atoms with Gasteiger partial charge in [-0.25, -0.2) is 4.39 Å². The lowest BCUT2D eigenvalue weighted by Crippen LogP contribution is -2.23.